The highest BCUT2D eigenvalue weighted by Gasteiger charge is 2.40. The Hall–Kier alpha value is -2.30. The molecule has 0 radical (unpaired) electrons. The van der Waals surface area contributed by atoms with Gasteiger partial charge >= 0.3 is 12.4 Å². The summed E-state index contributed by atoms with van der Waals surface area (Å²) in [6.45, 7) is 5.58. The van der Waals surface area contributed by atoms with Crippen LogP contribution < -0.4 is 0 Å². The number of benzene rings is 2. The Kier molecular flexibility index (Phi) is 10.8. The molecule has 4 nitrogen and oxygen atoms in total. The normalized spacial score (nSPS) is 23.2. The van der Waals surface area contributed by atoms with Gasteiger partial charge in [0.1, 0.15) is 0 Å². The number of rotatable bonds is 7. The molecule has 2 aromatic rings. The molecule has 248 valence electrons. The Bertz CT molecular complexity index is 1270. The molecule has 3 fully saturated rings. The van der Waals surface area contributed by atoms with Crippen molar-refractivity contribution in [3.8, 4) is 0 Å². The molecule has 1 amide bonds. The zero-order chi connectivity index (χ0) is 32.2. The number of halogens is 7. The van der Waals surface area contributed by atoms with Crippen LogP contribution in [0.5, 0.6) is 0 Å². The minimum atomic E-state index is -4.97. The fourth-order valence-corrected chi connectivity index (χ4v) is 7.67. The highest BCUT2D eigenvalue weighted by molar-refractivity contribution is 6.30. The molecule has 45 heavy (non-hydrogen) atoms. The third-order valence-electron chi connectivity index (χ3n) is 10.0. The van der Waals surface area contributed by atoms with Crippen LogP contribution in [0.25, 0.3) is 0 Å². The van der Waals surface area contributed by atoms with Crippen LogP contribution in [0.15, 0.2) is 42.5 Å². The number of carbonyl (C=O) groups excluding carboxylic acids is 1. The standard InChI is InChI=1S/C34H42ClF6N3O/c35-29-8-6-7-26(23-29)32(12-14-42-15-17-43(18-16-42)30-9-2-1-3-10-30)11-4-5-13-44(24-32)31(45)21-25-19-27(33(36,37)38)22-28(20-25)34(39,40)41/h6-8,19-20,22-23,30H,1-5,9-18,21,24H2/t32-/m1/s1. The molecular formula is C34H42ClF6N3O. The summed E-state index contributed by atoms with van der Waals surface area (Å²) in [6, 6.07) is 9.73. The third kappa shape index (κ3) is 8.74. The van der Waals surface area contributed by atoms with E-state index in [2.05, 4.69) is 9.80 Å². The molecule has 3 aliphatic rings. The lowest BCUT2D eigenvalue weighted by molar-refractivity contribution is -0.143. The maximum Gasteiger partial charge on any atom is 0.416 e. The van der Waals surface area contributed by atoms with Crippen molar-refractivity contribution in [2.45, 2.75) is 88.0 Å². The van der Waals surface area contributed by atoms with Crippen molar-refractivity contribution in [2.75, 3.05) is 45.8 Å². The van der Waals surface area contributed by atoms with Crippen LogP contribution in [0, 0.1) is 0 Å². The van der Waals surface area contributed by atoms with Crippen molar-refractivity contribution in [1.29, 1.82) is 0 Å². The largest absolute Gasteiger partial charge is 0.416 e. The molecule has 0 spiro atoms. The lowest BCUT2D eigenvalue weighted by Gasteiger charge is -2.43. The molecule has 1 saturated carbocycles. The quantitative estimate of drug-likeness (QED) is 0.281. The smallest absolute Gasteiger partial charge is 0.342 e. The predicted octanol–water partition coefficient (Wildman–Crippen LogP) is 8.21. The summed E-state index contributed by atoms with van der Waals surface area (Å²) in [5.74, 6) is -0.475. The van der Waals surface area contributed by atoms with E-state index in [1.807, 2.05) is 18.2 Å². The summed E-state index contributed by atoms with van der Waals surface area (Å²) >= 11 is 6.43. The van der Waals surface area contributed by atoms with Gasteiger partial charge in [-0.05, 0) is 80.1 Å². The van der Waals surface area contributed by atoms with Crippen molar-refractivity contribution in [3.05, 3.63) is 69.7 Å². The van der Waals surface area contributed by atoms with Crippen molar-refractivity contribution in [2.24, 2.45) is 0 Å². The van der Waals surface area contributed by atoms with E-state index in [-0.39, 0.29) is 11.6 Å². The highest BCUT2D eigenvalue weighted by atomic mass is 35.5. The average Bonchev–Trinajstić information content (AvgIpc) is 3.24. The molecule has 1 aliphatic carbocycles. The van der Waals surface area contributed by atoms with E-state index < -0.39 is 41.2 Å². The molecule has 5 rings (SSSR count). The molecule has 0 bridgehead atoms. The van der Waals surface area contributed by atoms with Crippen LogP contribution in [0.2, 0.25) is 5.02 Å². The molecule has 2 heterocycles. The van der Waals surface area contributed by atoms with Gasteiger partial charge in [-0.15, -0.1) is 0 Å². The van der Waals surface area contributed by atoms with Gasteiger partial charge in [-0.25, -0.2) is 0 Å². The minimum absolute atomic E-state index is 0.0963. The first-order valence-corrected chi connectivity index (χ1v) is 16.5. The fourth-order valence-electron chi connectivity index (χ4n) is 7.48. The topological polar surface area (TPSA) is 26.8 Å². The number of amides is 1. The number of hydrogen-bond donors (Lipinski definition) is 0. The van der Waals surface area contributed by atoms with Gasteiger partial charge in [0.25, 0.3) is 0 Å². The van der Waals surface area contributed by atoms with Crippen LogP contribution in [0.4, 0.5) is 26.3 Å². The predicted molar refractivity (Wildman–Crippen MR) is 163 cm³/mol. The molecule has 2 aromatic carbocycles. The monoisotopic (exact) mass is 657 g/mol. The van der Waals surface area contributed by atoms with Gasteiger partial charge in [0.05, 0.1) is 17.5 Å². The molecule has 0 unspecified atom stereocenters. The SMILES string of the molecule is O=C(Cc1cc(C(F)(F)F)cc(C(F)(F)F)c1)N1CCCC[C@](CCN2CCN(C3CCCCC3)CC2)(c2cccc(Cl)c2)C1. The second-order valence-electron chi connectivity index (χ2n) is 13.1. The molecule has 2 aliphatic heterocycles. The number of likely N-dealkylation sites (tertiary alicyclic amines) is 1. The Morgan fingerprint density at radius 2 is 1.49 bits per heavy atom. The van der Waals surface area contributed by atoms with Gasteiger partial charge in [0, 0.05) is 55.7 Å². The maximum absolute atomic E-state index is 13.6. The summed E-state index contributed by atoms with van der Waals surface area (Å²) in [5.41, 5.74) is -2.55. The van der Waals surface area contributed by atoms with Crippen molar-refractivity contribution < 1.29 is 31.1 Å². The van der Waals surface area contributed by atoms with Crippen molar-refractivity contribution >= 4 is 17.5 Å². The second-order valence-corrected chi connectivity index (χ2v) is 13.5. The van der Waals surface area contributed by atoms with Gasteiger partial charge in [-0.3, -0.25) is 9.69 Å². The second kappa shape index (κ2) is 14.2. The van der Waals surface area contributed by atoms with Crippen LogP contribution in [-0.2, 0) is 29.0 Å². The van der Waals surface area contributed by atoms with Crippen LogP contribution in [0.3, 0.4) is 0 Å². The summed E-state index contributed by atoms with van der Waals surface area (Å²) in [6.07, 6.45) is -0.867. The number of alkyl halides is 6. The third-order valence-corrected chi connectivity index (χ3v) is 10.3. The van der Waals surface area contributed by atoms with E-state index in [1.165, 1.54) is 32.1 Å². The molecule has 0 aromatic heterocycles. The summed E-state index contributed by atoms with van der Waals surface area (Å²) in [5, 5.41) is 0.582. The van der Waals surface area contributed by atoms with E-state index in [1.54, 1.807) is 11.0 Å². The van der Waals surface area contributed by atoms with Crippen LogP contribution in [0.1, 0.15) is 80.0 Å². The lowest BCUT2D eigenvalue weighted by Crippen LogP contribution is -2.52. The van der Waals surface area contributed by atoms with Gasteiger partial charge < -0.3 is 9.80 Å². The lowest BCUT2D eigenvalue weighted by atomic mass is 9.73. The van der Waals surface area contributed by atoms with E-state index in [0.717, 1.165) is 57.5 Å². The summed E-state index contributed by atoms with van der Waals surface area (Å²) in [4.78, 5) is 20.4. The van der Waals surface area contributed by atoms with Crippen LogP contribution >= 0.6 is 11.6 Å². The van der Waals surface area contributed by atoms with E-state index in [4.69, 9.17) is 11.6 Å². The Labute approximate surface area is 266 Å². The highest BCUT2D eigenvalue weighted by Crippen LogP contribution is 2.40. The zero-order valence-electron chi connectivity index (χ0n) is 25.5. The van der Waals surface area contributed by atoms with Gasteiger partial charge in [-0.1, -0.05) is 49.4 Å². The zero-order valence-corrected chi connectivity index (χ0v) is 26.3. The number of nitrogens with zero attached hydrogens (tertiary/aromatic N) is 3. The first-order valence-electron chi connectivity index (χ1n) is 16.1. The maximum atomic E-state index is 13.6. The molecule has 0 N–H and O–H groups in total. The average molecular weight is 658 g/mol. The van der Waals surface area contributed by atoms with Gasteiger partial charge in [0.15, 0.2) is 0 Å². The fraction of sp³-hybridized carbons (Fsp3) is 0.618. The molecular weight excluding hydrogens is 616 g/mol. The number of carbonyl (C=O) groups is 1. The first-order chi connectivity index (χ1) is 21.3. The van der Waals surface area contributed by atoms with Crippen molar-refractivity contribution in [1.82, 2.24) is 14.7 Å². The number of hydrogen-bond acceptors (Lipinski definition) is 3. The summed E-state index contributed by atoms with van der Waals surface area (Å²) < 4.78 is 80.9. The van der Waals surface area contributed by atoms with E-state index in [0.29, 0.717) is 42.7 Å². The summed E-state index contributed by atoms with van der Waals surface area (Å²) in [7, 11) is 0. The van der Waals surface area contributed by atoms with E-state index in [9.17, 15) is 31.1 Å². The number of piperazine rings is 1. The molecule has 1 atom stereocenters. The van der Waals surface area contributed by atoms with Gasteiger partial charge in [-0.2, -0.15) is 26.3 Å². The first kappa shape index (κ1) is 34.0. The minimum Gasteiger partial charge on any atom is -0.342 e. The van der Waals surface area contributed by atoms with Gasteiger partial charge in [0.2, 0.25) is 5.91 Å². The molecule has 11 heteroatoms. The van der Waals surface area contributed by atoms with E-state index >= 15 is 0 Å². The van der Waals surface area contributed by atoms with Crippen molar-refractivity contribution in [3.63, 3.8) is 0 Å². The van der Waals surface area contributed by atoms with Crippen LogP contribution in [-0.4, -0.2) is 72.5 Å². The molecule has 2 saturated heterocycles. The Morgan fingerprint density at radius 3 is 2.11 bits per heavy atom. The Morgan fingerprint density at radius 1 is 0.822 bits per heavy atom. The Balaban J connectivity index is 1.33.